The Morgan fingerprint density at radius 3 is 2.71 bits per heavy atom. The van der Waals surface area contributed by atoms with Crippen LogP contribution >= 0.6 is 0 Å². The topological polar surface area (TPSA) is 32.3 Å². The average molecular weight is 288 g/mol. The fraction of sp³-hybridized carbons (Fsp3) is 0.611. The van der Waals surface area contributed by atoms with Crippen LogP contribution in [0.1, 0.15) is 49.5 Å². The largest absolute Gasteiger partial charge is 0.385 e. The van der Waals surface area contributed by atoms with E-state index in [-0.39, 0.29) is 5.91 Å². The highest BCUT2D eigenvalue weighted by Crippen LogP contribution is 2.24. The summed E-state index contributed by atoms with van der Waals surface area (Å²) in [5.41, 5.74) is 3.10. The standard InChI is InChI=1S/C18H28N2O/c1-5-9-19-17-7-6-16(11-14(17)3)18(21)20-10-8-13(2)15(4)12-20/h6-7,11,13,15,19H,5,8-10,12H2,1-4H3. The minimum atomic E-state index is 0.180. The predicted octanol–water partition coefficient (Wildman–Crippen LogP) is 3.94. The van der Waals surface area contributed by atoms with Crippen molar-refractivity contribution in [2.45, 2.75) is 40.5 Å². The molecule has 21 heavy (non-hydrogen) atoms. The third kappa shape index (κ3) is 3.78. The van der Waals surface area contributed by atoms with Crippen LogP contribution in [-0.2, 0) is 0 Å². The van der Waals surface area contributed by atoms with Crippen LogP contribution in [0, 0.1) is 18.8 Å². The lowest BCUT2D eigenvalue weighted by atomic mass is 9.88. The number of hydrogen-bond acceptors (Lipinski definition) is 2. The second-order valence-corrected chi connectivity index (χ2v) is 6.45. The summed E-state index contributed by atoms with van der Waals surface area (Å²) in [6.07, 6.45) is 2.21. The lowest BCUT2D eigenvalue weighted by Gasteiger charge is -2.35. The van der Waals surface area contributed by atoms with Gasteiger partial charge in [-0.05, 0) is 55.4 Å². The van der Waals surface area contributed by atoms with Gasteiger partial charge in [-0.25, -0.2) is 0 Å². The normalized spacial score (nSPS) is 22.2. The molecular weight excluding hydrogens is 260 g/mol. The van der Waals surface area contributed by atoms with E-state index in [4.69, 9.17) is 0 Å². The van der Waals surface area contributed by atoms with E-state index in [1.165, 1.54) is 0 Å². The molecule has 0 aromatic heterocycles. The summed E-state index contributed by atoms with van der Waals surface area (Å²) in [6, 6.07) is 6.01. The number of likely N-dealkylation sites (tertiary alicyclic amines) is 1. The Morgan fingerprint density at radius 1 is 1.33 bits per heavy atom. The Hall–Kier alpha value is -1.51. The van der Waals surface area contributed by atoms with E-state index >= 15 is 0 Å². The zero-order chi connectivity index (χ0) is 15.4. The predicted molar refractivity (Wildman–Crippen MR) is 88.8 cm³/mol. The number of anilines is 1. The van der Waals surface area contributed by atoms with Crippen LogP contribution < -0.4 is 5.32 Å². The molecule has 2 atom stereocenters. The second-order valence-electron chi connectivity index (χ2n) is 6.45. The molecule has 1 aromatic rings. The van der Waals surface area contributed by atoms with Crippen LogP contribution in [0.4, 0.5) is 5.69 Å². The van der Waals surface area contributed by atoms with Gasteiger partial charge in [0.15, 0.2) is 0 Å². The molecule has 1 heterocycles. The second kappa shape index (κ2) is 6.97. The van der Waals surface area contributed by atoms with Crippen molar-refractivity contribution in [1.29, 1.82) is 0 Å². The van der Waals surface area contributed by atoms with Gasteiger partial charge in [0.2, 0.25) is 0 Å². The van der Waals surface area contributed by atoms with Crippen molar-refractivity contribution in [2.75, 3.05) is 25.0 Å². The Labute approximate surface area is 128 Å². The van der Waals surface area contributed by atoms with Crippen LogP contribution in [0.25, 0.3) is 0 Å². The van der Waals surface area contributed by atoms with Crippen LogP contribution in [0.2, 0.25) is 0 Å². The minimum absolute atomic E-state index is 0.180. The van der Waals surface area contributed by atoms with Crippen molar-refractivity contribution in [1.82, 2.24) is 4.90 Å². The van der Waals surface area contributed by atoms with E-state index in [9.17, 15) is 4.79 Å². The lowest BCUT2D eigenvalue weighted by Crippen LogP contribution is -2.42. The highest BCUT2D eigenvalue weighted by Gasteiger charge is 2.26. The number of amides is 1. The van der Waals surface area contributed by atoms with Gasteiger partial charge in [0.05, 0.1) is 0 Å². The molecule has 116 valence electrons. The summed E-state index contributed by atoms with van der Waals surface area (Å²) in [6.45, 7) is 11.5. The number of benzene rings is 1. The number of nitrogens with zero attached hydrogens (tertiary/aromatic N) is 1. The van der Waals surface area contributed by atoms with E-state index in [2.05, 4.69) is 33.0 Å². The SMILES string of the molecule is CCCNc1ccc(C(=O)N2CCC(C)C(C)C2)cc1C. The van der Waals surface area contributed by atoms with Gasteiger partial charge in [0, 0.05) is 30.9 Å². The molecule has 2 unspecified atom stereocenters. The molecule has 0 aliphatic carbocycles. The molecule has 3 nitrogen and oxygen atoms in total. The molecule has 0 bridgehead atoms. The smallest absolute Gasteiger partial charge is 0.253 e. The first-order valence-corrected chi connectivity index (χ1v) is 8.16. The summed E-state index contributed by atoms with van der Waals surface area (Å²) < 4.78 is 0. The quantitative estimate of drug-likeness (QED) is 0.910. The first-order chi connectivity index (χ1) is 10.0. The molecule has 1 aliphatic rings. The number of nitrogens with one attached hydrogen (secondary N) is 1. The Balaban J connectivity index is 2.07. The fourth-order valence-electron chi connectivity index (χ4n) is 2.88. The Kier molecular flexibility index (Phi) is 5.27. The van der Waals surface area contributed by atoms with Crippen molar-refractivity contribution in [3.05, 3.63) is 29.3 Å². The molecule has 1 saturated heterocycles. The van der Waals surface area contributed by atoms with Crippen LogP contribution in [0.5, 0.6) is 0 Å². The van der Waals surface area contributed by atoms with E-state index < -0.39 is 0 Å². The third-order valence-corrected chi connectivity index (χ3v) is 4.66. The van der Waals surface area contributed by atoms with Crippen molar-refractivity contribution >= 4 is 11.6 Å². The average Bonchev–Trinajstić information content (AvgIpc) is 2.48. The van der Waals surface area contributed by atoms with Crippen molar-refractivity contribution in [3.8, 4) is 0 Å². The number of carbonyl (C=O) groups excluding carboxylic acids is 1. The highest BCUT2D eigenvalue weighted by atomic mass is 16.2. The Morgan fingerprint density at radius 2 is 2.10 bits per heavy atom. The molecule has 1 amide bonds. The first-order valence-electron chi connectivity index (χ1n) is 8.16. The molecule has 2 rings (SSSR count). The zero-order valence-electron chi connectivity index (χ0n) is 13.8. The van der Waals surface area contributed by atoms with Gasteiger partial charge in [-0.1, -0.05) is 20.8 Å². The molecule has 1 aliphatic heterocycles. The summed E-state index contributed by atoms with van der Waals surface area (Å²) in [7, 11) is 0. The maximum Gasteiger partial charge on any atom is 0.253 e. The number of aryl methyl sites for hydroxylation is 1. The van der Waals surface area contributed by atoms with Crippen LogP contribution in [0.15, 0.2) is 18.2 Å². The van der Waals surface area contributed by atoms with Gasteiger partial charge in [0.25, 0.3) is 5.91 Å². The lowest BCUT2D eigenvalue weighted by molar-refractivity contribution is 0.0627. The first kappa shape index (κ1) is 15.9. The summed E-state index contributed by atoms with van der Waals surface area (Å²) in [5.74, 6) is 1.49. The van der Waals surface area contributed by atoms with Crippen LogP contribution in [-0.4, -0.2) is 30.4 Å². The van der Waals surface area contributed by atoms with Crippen LogP contribution in [0.3, 0.4) is 0 Å². The maximum absolute atomic E-state index is 12.6. The maximum atomic E-state index is 12.6. The molecule has 1 aromatic carbocycles. The summed E-state index contributed by atoms with van der Waals surface area (Å²) >= 11 is 0. The number of hydrogen-bond donors (Lipinski definition) is 1. The van der Waals surface area contributed by atoms with Gasteiger partial charge >= 0.3 is 0 Å². The van der Waals surface area contributed by atoms with E-state index in [1.54, 1.807) is 0 Å². The van der Waals surface area contributed by atoms with Gasteiger partial charge in [-0.3, -0.25) is 4.79 Å². The molecular formula is C18H28N2O. The molecule has 3 heteroatoms. The molecule has 1 fully saturated rings. The summed E-state index contributed by atoms with van der Waals surface area (Å²) in [4.78, 5) is 14.6. The molecule has 0 saturated carbocycles. The van der Waals surface area contributed by atoms with E-state index in [1.807, 2.05) is 23.1 Å². The monoisotopic (exact) mass is 288 g/mol. The van der Waals surface area contributed by atoms with Crippen molar-refractivity contribution in [3.63, 3.8) is 0 Å². The van der Waals surface area contributed by atoms with Gasteiger partial charge in [-0.15, -0.1) is 0 Å². The molecule has 0 radical (unpaired) electrons. The number of rotatable bonds is 4. The van der Waals surface area contributed by atoms with Gasteiger partial charge in [-0.2, -0.15) is 0 Å². The summed E-state index contributed by atoms with van der Waals surface area (Å²) in [5, 5.41) is 3.40. The van der Waals surface area contributed by atoms with E-state index in [0.717, 1.165) is 55.2 Å². The minimum Gasteiger partial charge on any atom is -0.385 e. The zero-order valence-corrected chi connectivity index (χ0v) is 13.8. The molecule has 0 spiro atoms. The van der Waals surface area contributed by atoms with Crippen molar-refractivity contribution < 1.29 is 4.79 Å². The Bertz CT molecular complexity index is 498. The number of piperidine rings is 1. The van der Waals surface area contributed by atoms with Gasteiger partial charge < -0.3 is 10.2 Å². The van der Waals surface area contributed by atoms with Crippen molar-refractivity contribution in [2.24, 2.45) is 11.8 Å². The third-order valence-electron chi connectivity index (χ3n) is 4.66. The number of carbonyl (C=O) groups is 1. The fourth-order valence-corrected chi connectivity index (χ4v) is 2.88. The van der Waals surface area contributed by atoms with Gasteiger partial charge in [0.1, 0.15) is 0 Å². The highest BCUT2D eigenvalue weighted by molar-refractivity contribution is 5.95. The van der Waals surface area contributed by atoms with E-state index in [0.29, 0.717) is 5.92 Å². The molecule has 1 N–H and O–H groups in total.